The number of imide groups is 1. The highest BCUT2D eigenvalue weighted by atomic mass is 16.7. The van der Waals surface area contributed by atoms with E-state index < -0.39 is 11.9 Å². The van der Waals surface area contributed by atoms with E-state index in [1.165, 1.54) is 0 Å². The van der Waals surface area contributed by atoms with Gasteiger partial charge in [-0.05, 0) is 29.0 Å². The van der Waals surface area contributed by atoms with Gasteiger partial charge in [-0.1, -0.05) is 20.8 Å². The molecule has 1 fully saturated rings. The van der Waals surface area contributed by atoms with Gasteiger partial charge in [0.25, 0.3) is 5.91 Å². The van der Waals surface area contributed by atoms with E-state index in [0.29, 0.717) is 30.0 Å². The average molecular weight is 344 g/mol. The first-order chi connectivity index (χ1) is 11.8. The van der Waals surface area contributed by atoms with Crippen molar-refractivity contribution >= 4 is 17.7 Å². The van der Waals surface area contributed by atoms with Gasteiger partial charge in [-0.2, -0.15) is 0 Å². The molecule has 3 aliphatic heterocycles. The number of benzene rings is 1. The van der Waals surface area contributed by atoms with E-state index in [2.05, 4.69) is 26.1 Å². The third-order valence-corrected chi connectivity index (χ3v) is 4.97. The van der Waals surface area contributed by atoms with Gasteiger partial charge in [-0.3, -0.25) is 19.7 Å². The van der Waals surface area contributed by atoms with Crippen molar-refractivity contribution in [2.45, 2.75) is 51.6 Å². The number of ether oxygens (including phenoxy) is 2. The lowest BCUT2D eigenvalue weighted by Gasteiger charge is -2.29. The number of nitrogens with zero attached hydrogens (tertiary/aromatic N) is 1. The molecule has 4 rings (SSSR count). The van der Waals surface area contributed by atoms with Gasteiger partial charge >= 0.3 is 0 Å². The van der Waals surface area contributed by atoms with Gasteiger partial charge in [0.15, 0.2) is 11.5 Å². The fraction of sp³-hybridized carbons (Fsp3) is 0.500. The summed E-state index contributed by atoms with van der Waals surface area (Å²) in [5.74, 6) is 0.0873. The van der Waals surface area contributed by atoms with Gasteiger partial charge in [-0.25, -0.2) is 0 Å². The van der Waals surface area contributed by atoms with Crippen molar-refractivity contribution in [1.29, 1.82) is 0 Å². The molecule has 1 atom stereocenters. The fourth-order valence-corrected chi connectivity index (χ4v) is 3.76. The average Bonchev–Trinajstić information content (AvgIpc) is 3.10. The lowest BCUT2D eigenvalue weighted by molar-refractivity contribution is -0.136. The van der Waals surface area contributed by atoms with Crippen LogP contribution in [0.3, 0.4) is 0 Å². The minimum atomic E-state index is -0.636. The SMILES string of the molecule is CC(C)(C)c1cc2c(c3c1CN(C1CCC(=O)NC1=O)C3=O)OCO2. The second-order valence-electron chi connectivity index (χ2n) is 7.66. The maximum absolute atomic E-state index is 13.1. The maximum Gasteiger partial charge on any atom is 0.259 e. The van der Waals surface area contributed by atoms with E-state index in [1.54, 1.807) is 4.90 Å². The van der Waals surface area contributed by atoms with E-state index >= 15 is 0 Å². The van der Waals surface area contributed by atoms with Crippen LogP contribution in [0.25, 0.3) is 0 Å². The molecule has 3 heterocycles. The Hall–Kier alpha value is -2.57. The summed E-state index contributed by atoms with van der Waals surface area (Å²) >= 11 is 0. The first kappa shape index (κ1) is 15.9. The van der Waals surface area contributed by atoms with E-state index in [-0.39, 0.29) is 30.4 Å². The fourth-order valence-electron chi connectivity index (χ4n) is 3.76. The molecule has 1 unspecified atom stereocenters. The standard InChI is InChI=1S/C18H20N2O5/c1-18(2,3)10-6-12-15(25-8-24-12)14-9(10)7-20(17(14)23)11-4-5-13(21)19-16(11)22/h6,11H,4-5,7-8H2,1-3H3,(H,19,21,22). The summed E-state index contributed by atoms with van der Waals surface area (Å²) in [6.45, 7) is 6.64. The van der Waals surface area contributed by atoms with Crippen LogP contribution in [0.1, 0.15) is 55.1 Å². The summed E-state index contributed by atoms with van der Waals surface area (Å²) < 4.78 is 11.0. The number of nitrogens with one attached hydrogen (secondary N) is 1. The maximum atomic E-state index is 13.1. The molecule has 25 heavy (non-hydrogen) atoms. The molecule has 3 aliphatic rings. The minimum absolute atomic E-state index is 0.0844. The molecule has 1 aromatic rings. The number of carbonyl (C=O) groups is 3. The van der Waals surface area contributed by atoms with Gasteiger partial charge < -0.3 is 14.4 Å². The Morgan fingerprint density at radius 1 is 1.20 bits per heavy atom. The molecule has 132 valence electrons. The lowest BCUT2D eigenvalue weighted by atomic mass is 9.82. The summed E-state index contributed by atoms with van der Waals surface area (Å²) in [5.41, 5.74) is 2.19. The van der Waals surface area contributed by atoms with Crippen molar-refractivity contribution in [3.63, 3.8) is 0 Å². The van der Waals surface area contributed by atoms with Crippen molar-refractivity contribution < 1.29 is 23.9 Å². The van der Waals surface area contributed by atoms with Crippen LogP contribution >= 0.6 is 0 Å². The molecular formula is C18H20N2O5. The number of rotatable bonds is 1. The summed E-state index contributed by atoms with van der Waals surface area (Å²) in [6, 6.07) is 1.30. The molecule has 0 bridgehead atoms. The van der Waals surface area contributed by atoms with Crippen molar-refractivity contribution in [2.75, 3.05) is 6.79 Å². The topological polar surface area (TPSA) is 84.9 Å². The summed E-state index contributed by atoms with van der Waals surface area (Å²) in [4.78, 5) is 38.3. The Kier molecular flexibility index (Phi) is 3.32. The van der Waals surface area contributed by atoms with Crippen molar-refractivity contribution in [1.82, 2.24) is 10.2 Å². The number of carbonyl (C=O) groups excluding carboxylic acids is 3. The largest absolute Gasteiger partial charge is 0.454 e. The van der Waals surface area contributed by atoms with Crippen molar-refractivity contribution in [2.24, 2.45) is 0 Å². The molecule has 0 saturated carbocycles. The Morgan fingerprint density at radius 3 is 2.64 bits per heavy atom. The minimum Gasteiger partial charge on any atom is -0.454 e. The normalized spacial score (nSPS) is 22.3. The number of fused-ring (bicyclic) bond motifs is 3. The van der Waals surface area contributed by atoms with Crippen LogP contribution in [-0.2, 0) is 21.5 Å². The Labute approximate surface area is 145 Å². The third-order valence-electron chi connectivity index (χ3n) is 4.97. The highest BCUT2D eigenvalue weighted by Crippen LogP contribution is 2.46. The summed E-state index contributed by atoms with van der Waals surface area (Å²) in [6.07, 6.45) is 0.579. The molecule has 0 radical (unpaired) electrons. The van der Waals surface area contributed by atoms with Crippen LogP contribution < -0.4 is 14.8 Å². The smallest absolute Gasteiger partial charge is 0.259 e. The first-order valence-corrected chi connectivity index (χ1v) is 8.38. The first-order valence-electron chi connectivity index (χ1n) is 8.38. The second-order valence-corrected chi connectivity index (χ2v) is 7.66. The predicted molar refractivity (Wildman–Crippen MR) is 87.3 cm³/mol. The molecule has 7 heteroatoms. The van der Waals surface area contributed by atoms with Gasteiger partial charge in [-0.15, -0.1) is 0 Å². The molecule has 0 aromatic heterocycles. The lowest BCUT2D eigenvalue weighted by Crippen LogP contribution is -2.52. The highest BCUT2D eigenvalue weighted by molar-refractivity contribution is 6.07. The third kappa shape index (κ3) is 2.37. The molecule has 0 aliphatic carbocycles. The van der Waals surface area contributed by atoms with Crippen LogP contribution in [0.4, 0.5) is 0 Å². The molecular weight excluding hydrogens is 324 g/mol. The zero-order valence-electron chi connectivity index (χ0n) is 14.5. The Bertz CT molecular complexity index is 809. The zero-order chi connectivity index (χ0) is 17.9. The van der Waals surface area contributed by atoms with Gasteiger partial charge in [0.05, 0.1) is 5.56 Å². The van der Waals surface area contributed by atoms with E-state index in [4.69, 9.17) is 9.47 Å². The molecule has 7 nitrogen and oxygen atoms in total. The number of hydrogen-bond donors (Lipinski definition) is 1. The number of amides is 3. The van der Waals surface area contributed by atoms with E-state index in [9.17, 15) is 14.4 Å². The number of hydrogen-bond acceptors (Lipinski definition) is 5. The Morgan fingerprint density at radius 2 is 1.96 bits per heavy atom. The number of piperidine rings is 1. The molecule has 1 N–H and O–H groups in total. The molecule has 3 amide bonds. The highest BCUT2D eigenvalue weighted by Gasteiger charge is 2.44. The van der Waals surface area contributed by atoms with Crippen molar-refractivity contribution in [3.8, 4) is 11.5 Å². The van der Waals surface area contributed by atoms with Crippen LogP contribution in [-0.4, -0.2) is 35.5 Å². The predicted octanol–water partition coefficient (Wildman–Crippen LogP) is 1.47. The zero-order valence-corrected chi connectivity index (χ0v) is 14.5. The summed E-state index contributed by atoms with van der Waals surface area (Å²) in [5, 5.41) is 2.32. The van der Waals surface area contributed by atoms with E-state index in [0.717, 1.165) is 11.1 Å². The van der Waals surface area contributed by atoms with Gasteiger partial charge in [0, 0.05) is 13.0 Å². The molecule has 1 aromatic carbocycles. The molecule has 0 spiro atoms. The van der Waals surface area contributed by atoms with Crippen LogP contribution in [0.2, 0.25) is 0 Å². The monoisotopic (exact) mass is 344 g/mol. The van der Waals surface area contributed by atoms with Crippen LogP contribution in [0.5, 0.6) is 11.5 Å². The molecule has 1 saturated heterocycles. The summed E-state index contributed by atoms with van der Waals surface area (Å²) in [7, 11) is 0. The Balaban J connectivity index is 1.79. The van der Waals surface area contributed by atoms with Gasteiger partial charge in [0.2, 0.25) is 18.6 Å². The van der Waals surface area contributed by atoms with Gasteiger partial charge in [0.1, 0.15) is 6.04 Å². The van der Waals surface area contributed by atoms with Crippen LogP contribution in [0, 0.1) is 0 Å². The second kappa shape index (κ2) is 5.21. The van der Waals surface area contributed by atoms with Crippen molar-refractivity contribution in [3.05, 3.63) is 22.8 Å². The quantitative estimate of drug-likeness (QED) is 0.780. The van der Waals surface area contributed by atoms with E-state index in [1.807, 2.05) is 6.07 Å². The van der Waals surface area contributed by atoms with Crippen LogP contribution in [0.15, 0.2) is 6.07 Å².